The number of anilines is 1. The van der Waals surface area contributed by atoms with Crippen molar-refractivity contribution >= 4 is 22.6 Å². The second-order valence-corrected chi connectivity index (χ2v) is 7.08. The third kappa shape index (κ3) is 3.27. The van der Waals surface area contributed by atoms with Gasteiger partial charge in [-0.3, -0.25) is 18.7 Å². The molecule has 0 spiro atoms. The molecule has 1 aliphatic heterocycles. The summed E-state index contributed by atoms with van der Waals surface area (Å²) >= 11 is 0. The van der Waals surface area contributed by atoms with Crippen LogP contribution in [-0.2, 0) is 31.0 Å². The lowest BCUT2D eigenvalue weighted by Gasteiger charge is -2.29. The number of nitrogens with zero attached hydrogens (tertiary/aromatic N) is 4. The second kappa shape index (κ2) is 7.12. The summed E-state index contributed by atoms with van der Waals surface area (Å²) < 4.78 is 40.4. The van der Waals surface area contributed by atoms with E-state index in [0.717, 1.165) is 39.3 Å². The van der Waals surface area contributed by atoms with Crippen molar-refractivity contribution < 1.29 is 18.0 Å². The highest BCUT2D eigenvalue weighted by atomic mass is 19.4. The van der Waals surface area contributed by atoms with Crippen molar-refractivity contribution in [3.8, 4) is 0 Å². The van der Waals surface area contributed by atoms with Crippen LogP contribution in [0.5, 0.6) is 0 Å². The largest absolute Gasteiger partial charge is 0.433 e. The molecule has 10 heteroatoms. The van der Waals surface area contributed by atoms with Gasteiger partial charge in [0.2, 0.25) is 5.91 Å². The molecule has 0 aliphatic carbocycles. The molecule has 0 unspecified atom stereocenters. The summed E-state index contributed by atoms with van der Waals surface area (Å²) in [5, 5.41) is -0.169. The van der Waals surface area contributed by atoms with E-state index in [0.29, 0.717) is 12.6 Å². The Kier molecular flexibility index (Phi) is 4.71. The van der Waals surface area contributed by atoms with Gasteiger partial charge < -0.3 is 4.90 Å². The highest BCUT2D eigenvalue weighted by molar-refractivity contribution is 5.94. The number of halogens is 3. The molecule has 0 N–H and O–H groups in total. The minimum atomic E-state index is -4.71. The zero-order chi connectivity index (χ0) is 21.6. The molecule has 4 rings (SSSR count). The monoisotopic (exact) mass is 418 g/mol. The van der Waals surface area contributed by atoms with Crippen LogP contribution in [0.25, 0.3) is 11.0 Å². The Labute approximate surface area is 168 Å². The molecule has 1 aromatic carbocycles. The molecular weight excluding hydrogens is 401 g/mol. The lowest BCUT2D eigenvalue weighted by molar-refractivity contribution is -0.141. The number of para-hydroxylation sites is 1. The fourth-order valence-corrected chi connectivity index (χ4v) is 3.69. The molecule has 30 heavy (non-hydrogen) atoms. The molecule has 1 aliphatic rings. The number of carbonyl (C=O) groups is 1. The van der Waals surface area contributed by atoms with Crippen molar-refractivity contribution in [2.24, 2.45) is 7.05 Å². The normalized spacial score (nSPS) is 14.1. The van der Waals surface area contributed by atoms with Crippen LogP contribution >= 0.6 is 0 Å². The number of fused-ring (bicyclic) bond motifs is 2. The predicted octanol–water partition coefficient (Wildman–Crippen LogP) is 2.09. The van der Waals surface area contributed by atoms with E-state index in [1.165, 1.54) is 11.9 Å². The highest BCUT2D eigenvalue weighted by Crippen LogP contribution is 2.28. The fraction of sp³-hybridized carbons (Fsp3) is 0.300. The number of aryl methyl sites for hydroxylation is 2. The Morgan fingerprint density at radius 2 is 1.87 bits per heavy atom. The molecule has 0 bridgehead atoms. The standard InChI is InChI=1S/C20H17F3N4O3/c1-25-17-13(8-9-15(24-17)20(21,22)23)18(29)27(19(25)30)11-16(28)26-10-4-6-12-5-2-3-7-14(12)26/h2-3,5,7-9H,4,6,10-11H2,1H3. The maximum atomic E-state index is 12.9. The van der Waals surface area contributed by atoms with Gasteiger partial charge in [0.05, 0.1) is 5.39 Å². The number of pyridine rings is 1. The number of carbonyl (C=O) groups excluding carboxylic acids is 1. The number of benzene rings is 1. The molecule has 0 radical (unpaired) electrons. The molecule has 3 heterocycles. The SMILES string of the molecule is Cn1c(=O)n(CC(=O)N2CCCc3ccccc32)c(=O)c2ccc(C(F)(F)F)nc21. The number of rotatable bonds is 2. The van der Waals surface area contributed by atoms with Crippen molar-refractivity contribution in [1.82, 2.24) is 14.1 Å². The van der Waals surface area contributed by atoms with E-state index in [1.54, 1.807) is 12.1 Å². The van der Waals surface area contributed by atoms with Crippen molar-refractivity contribution in [3.63, 3.8) is 0 Å². The van der Waals surface area contributed by atoms with Gasteiger partial charge in [-0.25, -0.2) is 9.78 Å². The summed E-state index contributed by atoms with van der Waals surface area (Å²) in [4.78, 5) is 43.3. The number of alkyl halides is 3. The highest BCUT2D eigenvalue weighted by Gasteiger charge is 2.33. The van der Waals surface area contributed by atoms with Crippen LogP contribution < -0.4 is 16.1 Å². The summed E-state index contributed by atoms with van der Waals surface area (Å²) in [6, 6.07) is 9.05. The Bertz CT molecular complexity index is 1280. The van der Waals surface area contributed by atoms with E-state index in [1.807, 2.05) is 12.1 Å². The Hall–Kier alpha value is -3.43. The molecule has 2 aromatic heterocycles. The van der Waals surface area contributed by atoms with Gasteiger partial charge in [0.1, 0.15) is 17.9 Å². The summed E-state index contributed by atoms with van der Waals surface area (Å²) in [5.41, 5.74) is -1.61. The molecule has 0 saturated carbocycles. The van der Waals surface area contributed by atoms with Crippen LogP contribution in [-0.4, -0.2) is 26.6 Å². The third-order valence-electron chi connectivity index (χ3n) is 5.18. The summed E-state index contributed by atoms with van der Waals surface area (Å²) in [7, 11) is 1.22. The second-order valence-electron chi connectivity index (χ2n) is 7.08. The zero-order valence-electron chi connectivity index (χ0n) is 15.9. The van der Waals surface area contributed by atoms with Gasteiger partial charge in [-0.1, -0.05) is 18.2 Å². The lowest BCUT2D eigenvalue weighted by atomic mass is 10.0. The molecule has 156 valence electrons. The Morgan fingerprint density at radius 1 is 1.13 bits per heavy atom. The van der Waals surface area contributed by atoms with E-state index < -0.39 is 35.6 Å². The molecule has 1 amide bonds. The van der Waals surface area contributed by atoms with Crippen LogP contribution in [0, 0.1) is 0 Å². The van der Waals surface area contributed by atoms with Crippen molar-refractivity contribution in [3.05, 3.63) is 68.5 Å². The third-order valence-corrected chi connectivity index (χ3v) is 5.18. The number of hydrogen-bond donors (Lipinski definition) is 0. The van der Waals surface area contributed by atoms with E-state index in [4.69, 9.17) is 0 Å². The van der Waals surface area contributed by atoms with E-state index >= 15 is 0 Å². The summed E-state index contributed by atoms with van der Waals surface area (Å²) in [6.07, 6.45) is -3.14. The molecule has 0 fully saturated rings. The molecule has 3 aromatic rings. The van der Waals surface area contributed by atoms with Crippen LogP contribution in [0.2, 0.25) is 0 Å². The Morgan fingerprint density at radius 3 is 2.60 bits per heavy atom. The van der Waals surface area contributed by atoms with Crippen LogP contribution in [0.3, 0.4) is 0 Å². The van der Waals surface area contributed by atoms with E-state index in [2.05, 4.69) is 4.98 Å². The first-order chi connectivity index (χ1) is 14.2. The number of amides is 1. The number of hydrogen-bond acceptors (Lipinski definition) is 4. The number of aromatic nitrogens is 3. The molecule has 0 atom stereocenters. The topological polar surface area (TPSA) is 77.2 Å². The smallest absolute Gasteiger partial charge is 0.311 e. The first-order valence-electron chi connectivity index (χ1n) is 9.24. The van der Waals surface area contributed by atoms with Crippen LogP contribution in [0.1, 0.15) is 17.7 Å². The maximum Gasteiger partial charge on any atom is 0.433 e. The lowest BCUT2D eigenvalue weighted by Crippen LogP contribution is -2.45. The van der Waals surface area contributed by atoms with Gasteiger partial charge >= 0.3 is 11.9 Å². The van der Waals surface area contributed by atoms with Crippen molar-refractivity contribution in [2.45, 2.75) is 25.6 Å². The van der Waals surface area contributed by atoms with Crippen molar-refractivity contribution in [2.75, 3.05) is 11.4 Å². The van der Waals surface area contributed by atoms with Gasteiger partial charge in [-0.05, 0) is 36.6 Å². The van der Waals surface area contributed by atoms with Gasteiger partial charge in [-0.2, -0.15) is 13.2 Å². The van der Waals surface area contributed by atoms with Crippen LogP contribution in [0.4, 0.5) is 18.9 Å². The van der Waals surface area contributed by atoms with Gasteiger partial charge in [0.25, 0.3) is 5.56 Å². The maximum absolute atomic E-state index is 12.9. The Balaban J connectivity index is 1.76. The summed E-state index contributed by atoms with van der Waals surface area (Å²) in [5.74, 6) is -0.444. The summed E-state index contributed by atoms with van der Waals surface area (Å²) in [6.45, 7) is -0.0637. The molecular formula is C20H17F3N4O3. The first-order valence-corrected chi connectivity index (χ1v) is 9.24. The molecule has 7 nitrogen and oxygen atoms in total. The fourth-order valence-electron chi connectivity index (χ4n) is 3.69. The van der Waals surface area contributed by atoms with Gasteiger partial charge in [0.15, 0.2) is 0 Å². The van der Waals surface area contributed by atoms with Gasteiger partial charge in [-0.15, -0.1) is 0 Å². The predicted molar refractivity (Wildman–Crippen MR) is 103 cm³/mol. The minimum absolute atomic E-state index is 0.169. The quantitative estimate of drug-likeness (QED) is 0.639. The first kappa shape index (κ1) is 19.9. The average molecular weight is 418 g/mol. The molecule has 0 saturated heterocycles. The van der Waals surface area contributed by atoms with Crippen molar-refractivity contribution in [1.29, 1.82) is 0 Å². The van der Waals surface area contributed by atoms with Gasteiger partial charge in [0, 0.05) is 19.3 Å². The average Bonchev–Trinajstić information content (AvgIpc) is 2.73. The van der Waals surface area contributed by atoms with Crippen LogP contribution in [0.15, 0.2) is 46.0 Å². The zero-order valence-corrected chi connectivity index (χ0v) is 15.9. The minimum Gasteiger partial charge on any atom is -0.311 e. The van der Waals surface area contributed by atoms with E-state index in [-0.39, 0.29) is 11.0 Å². The van der Waals surface area contributed by atoms with E-state index in [9.17, 15) is 27.6 Å².